The van der Waals surface area contributed by atoms with Crippen LogP contribution in [0.2, 0.25) is 5.15 Å². The van der Waals surface area contributed by atoms with Gasteiger partial charge in [0.2, 0.25) is 11.8 Å². The zero-order valence-electron chi connectivity index (χ0n) is 14.2. The number of halogens is 5. The van der Waals surface area contributed by atoms with E-state index in [1.165, 1.54) is 18.0 Å². The second-order valence-electron chi connectivity index (χ2n) is 6.10. The van der Waals surface area contributed by atoms with Crippen molar-refractivity contribution < 1.29 is 31.9 Å². The summed E-state index contributed by atoms with van der Waals surface area (Å²) in [6.07, 6.45) is -5.17. The van der Waals surface area contributed by atoms with Crippen molar-refractivity contribution in [3.8, 4) is 5.75 Å². The van der Waals surface area contributed by atoms with Crippen LogP contribution in [0.1, 0.15) is 11.6 Å². The minimum atomic E-state index is -5.17. The Labute approximate surface area is 160 Å². The van der Waals surface area contributed by atoms with Gasteiger partial charge in [-0.15, -0.1) is 13.2 Å². The zero-order valence-corrected chi connectivity index (χ0v) is 14.9. The summed E-state index contributed by atoms with van der Waals surface area (Å²) in [5.74, 6) is -5.92. The predicted molar refractivity (Wildman–Crippen MR) is 89.2 cm³/mol. The average Bonchev–Trinajstić information content (AvgIpc) is 3.14. The number of aromatic amines is 1. The number of H-pyrrole nitrogens is 1. The fraction of sp³-hybridized carbons (Fsp3) is 0.312. The number of likely N-dealkylation sites (N-methyl/N-ethyl adjacent to an activating group) is 1. The van der Waals surface area contributed by atoms with Gasteiger partial charge in [-0.2, -0.15) is 5.10 Å². The summed E-state index contributed by atoms with van der Waals surface area (Å²) < 4.78 is 55.1. The largest absolute Gasteiger partial charge is 0.573 e. The van der Waals surface area contributed by atoms with Crippen molar-refractivity contribution in [3.05, 3.63) is 40.9 Å². The van der Waals surface area contributed by atoms with E-state index in [-0.39, 0.29) is 11.7 Å². The molecule has 1 saturated heterocycles. The van der Waals surface area contributed by atoms with Crippen molar-refractivity contribution in [2.75, 3.05) is 18.9 Å². The number of ether oxygens (including phenoxy) is 1. The highest BCUT2D eigenvalue weighted by Crippen LogP contribution is 2.36. The van der Waals surface area contributed by atoms with Gasteiger partial charge in [0.25, 0.3) is 0 Å². The van der Waals surface area contributed by atoms with Gasteiger partial charge in [-0.25, -0.2) is 4.39 Å². The molecule has 28 heavy (non-hydrogen) atoms. The molecule has 0 spiro atoms. The first-order valence-electron chi connectivity index (χ1n) is 7.87. The molecule has 0 radical (unpaired) electrons. The molecule has 7 nitrogen and oxygen atoms in total. The van der Waals surface area contributed by atoms with E-state index in [4.69, 9.17) is 11.6 Å². The van der Waals surface area contributed by atoms with Crippen LogP contribution in [-0.2, 0) is 9.59 Å². The molecule has 2 aromatic rings. The summed E-state index contributed by atoms with van der Waals surface area (Å²) in [4.78, 5) is 26.4. The fourth-order valence-electron chi connectivity index (χ4n) is 3.01. The Bertz CT molecular complexity index is 918. The summed E-state index contributed by atoms with van der Waals surface area (Å²) in [5, 5.41) is 8.64. The Hall–Kier alpha value is -2.82. The molecule has 1 aromatic heterocycles. The number of nitrogens with zero attached hydrogens (tertiary/aromatic N) is 2. The number of alkyl halides is 3. The van der Waals surface area contributed by atoms with Crippen LogP contribution in [0.5, 0.6) is 5.75 Å². The van der Waals surface area contributed by atoms with Gasteiger partial charge in [-0.3, -0.25) is 14.7 Å². The van der Waals surface area contributed by atoms with Crippen LogP contribution in [0.3, 0.4) is 0 Å². The Morgan fingerprint density at radius 1 is 1.43 bits per heavy atom. The molecule has 1 aliphatic heterocycles. The third kappa shape index (κ3) is 4.03. The van der Waals surface area contributed by atoms with Gasteiger partial charge in [0.1, 0.15) is 5.92 Å². The van der Waals surface area contributed by atoms with Crippen molar-refractivity contribution in [2.24, 2.45) is 5.92 Å². The number of aromatic nitrogens is 2. The maximum atomic E-state index is 13.8. The van der Waals surface area contributed by atoms with Crippen molar-refractivity contribution >= 4 is 29.1 Å². The van der Waals surface area contributed by atoms with E-state index in [1.54, 1.807) is 0 Å². The molecule has 150 valence electrons. The second-order valence-corrected chi connectivity index (χ2v) is 6.49. The lowest BCUT2D eigenvalue weighted by Gasteiger charge is -2.18. The lowest BCUT2D eigenvalue weighted by atomic mass is 9.91. The standard InChI is InChI=1S/C16H13ClF4N4O3/c1-25-6-7(10-5-11(17)24-23-10)12(15(25)27)14(26)22-9-4-2-3-8(18)13(9)28-16(19,20)21/h2-5,7,12H,6H2,1H3,(H,22,26)(H,23,24)/t7-,12+/m1/s1. The third-order valence-corrected chi connectivity index (χ3v) is 4.40. The fourth-order valence-corrected chi connectivity index (χ4v) is 3.17. The molecule has 1 fully saturated rings. The number of amides is 2. The average molecular weight is 421 g/mol. The molecule has 0 aliphatic carbocycles. The van der Waals surface area contributed by atoms with Gasteiger partial charge in [0.05, 0.1) is 5.69 Å². The van der Waals surface area contributed by atoms with Crippen molar-refractivity contribution in [2.45, 2.75) is 12.3 Å². The first-order chi connectivity index (χ1) is 13.1. The predicted octanol–water partition coefficient (Wildman–Crippen LogP) is 2.91. The molecule has 1 aliphatic rings. The van der Waals surface area contributed by atoms with Gasteiger partial charge in [0, 0.05) is 25.2 Å². The van der Waals surface area contributed by atoms with Gasteiger partial charge >= 0.3 is 6.36 Å². The number of benzene rings is 1. The molecular formula is C16H13ClF4N4O3. The number of anilines is 1. The number of carbonyl (C=O) groups is 2. The Balaban J connectivity index is 1.89. The maximum absolute atomic E-state index is 13.8. The number of hydrogen-bond donors (Lipinski definition) is 2. The third-order valence-electron chi connectivity index (χ3n) is 4.21. The number of likely N-dealkylation sites (tertiary alicyclic amines) is 1. The second kappa shape index (κ2) is 7.30. The summed E-state index contributed by atoms with van der Waals surface area (Å²) in [6, 6.07) is 4.33. The summed E-state index contributed by atoms with van der Waals surface area (Å²) in [7, 11) is 1.47. The lowest BCUT2D eigenvalue weighted by molar-refractivity contribution is -0.275. The number of nitrogens with one attached hydrogen (secondary N) is 2. The molecule has 12 heteroatoms. The molecule has 2 N–H and O–H groups in total. The van der Waals surface area contributed by atoms with Crippen LogP contribution in [-0.4, -0.2) is 46.9 Å². The summed E-state index contributed by atoms with van der Waals surface area (Å²) in [6.45, 7) is 0.157. The van der Waals surface area contributed by atoms with E-state index in [0.29, 0.717) is 5.69 Å². The quantitative estimate of drug-likeness (QED) is 0.588. The van der Waals surface area contributed by atoms with Crippen LogP contribution in [0.25, 0.3) is 0 Å². The topological polar surface area (TPSA) is 87.3 Å². The molecule has 0 bridgehead atoms. The first-order valence-corrected chi connectivity index (χ1v) is 8.25. The molecule has 2 amide bonds. The maximum Gasteiger partial charge on any atom is 0.573 e. The normalized spacial score (nSPS) is 19.8. The molecule has 1 aromatic carbocycles. The lowest BCUT2D eigenvalue weighted by Crippen LogP contribution is -2.33. The van der Waals surface area contributed by atoms with E-state index < -0.39 is 47.3 Å². The molecular weight excluding hydrogens is 408 g/mol. The highest BCUT2D eigenvalue weighted by molar-refractivity contribution is 6.29. The minimum Gasteiger partial charge on any atom is -0.400 e. The number of carbonyl (C=O) groups excluding carboxylic acids is 2. The molecule has 3 rings (SSSR count). The number of hydrogen-bond acceptors (Lipinski definition) is 4. The number of para-hydroxylation sites is 1. The zero-order chi connectivity index (χ0) is 20.6. The summed E-state index contributed by atoms with van der Waals surface area (Å²) in [5.41, 5.74) is -0.139. The Kier molecular flexibility index (Phi) is 5.20. The van der Waals surface area contributed by atoms with E-state index in [2.05, 4.69) is 20.3 Å². The smallest absolute Gasteiger partial charge is 0.400 e. The van der Waals surface area contributed by atoms with Gasteiger partial charge in [-0.05, 0) is 18.2 Å². The minimum absolute atomic E-state index is 0.127. The van der Waals surface area contributed by atoms with E-state index in [0.717, 1.165) is 18.2 Å². The van der Waals surface area contributed by atoms with E-state index >= 15 is 0 Å². The van der Waals surface area contributed by atoms with E-state index in [1.807, 2.05) is 0 Å². The van der Waals surface area contributed by atoms with Crippen molar-refractivity contribution in [3.63, 3.8) is 0 Å². The first kappa shape index (κ1) is 19.9. The Morgan fingerprint density at radius 3 is 2.75 bits per heavy atom. The van der Waals surface area contributed by atoms with Gasteiger partial charge in [-0.1, -0.05) is 17.7 Å². The van der Waals surface area contributed by atoms with Crippen LogP contribution in [0.4, 0.5) is 23.2 Å². The van der Waals surface area contributed by atoms with Gasteiger partial charge in [0.15, 0.2) is 16.7 Å². The summed E-state index contributed by atoms with van der Waals surface area (Å²) >= 11 is 5.76. The highest BCUT2D eigenvalue weighted by atomic mass is 35.5. The van der Waals surface area contributed by atoms with Crippen LogP contribution >= 0.6 is 11.6 Å². The van der Waals surface area contributed by atoms with Crippen LogP contribution in [0, 0.1) is 11.7 Å². The van der Waals surface area contributed by atoms with Crippen LogP contribution in [0.15, 0.2) is 24.3 Å². The van der Waals surface area contributed by atoms with Crippen molar-refractivity contribution in [1.29, 1.82) is 0 Å². The van der Waals surface area contributed by atoms with Gasteiger partial charge < -0.3 is 15.0 Å². The van der Waals surface area contributed by atoms with Crippen LogP contribution < -0.4 is 10.1 Å². The molecule has 0 unspecified atom stereocenters. The highest BCUT2D eigenvalue weighted by Gasteiger charge is 2.45. The number of rotatable bonds is 4. The molecule has 2 atom stereocenters. The SMILES string of the molecule is CN1C[C@H](c2cc(Cl)n[nH]2)[C@@H](C(=O)Nc2cccc(F)c2OC(F)(F)F)C1=O. The van der Waals surface area contributed by atoms with E-state index in [9.17, 15) is 27.2 Å². The van der Waals surface area contributed by atoms with Crippen molar-refractivity contribution in [1.82, 2.24) is 15.1 Å². The molecule has 0 saturated carbocycles. The monoisotopic (exact) mass is 420 g/mol. The molecule has 2 heterocycles. The Morgan fingerprint density at radius 2 is 2.14 bits per heavy atom.